The Morgan fingerprint density at radius 3 is 2.74 bits per heavy atom. The Hall–Kier alpha value is -1.89. The molecular weight excluding hydrogens is 278 g/mol. The van der Waals surface area contributed by atoms with Crippen LogP contribution in [0.3, 0.4) is 0 Å². The van der Waals surface area contributed by atoms with Crippen molar-refractivity contribution in [1.82, 2.24) is 4.98 Å². The van der Waals surface area contributed by atoms with Gasteiger partial charge in [-0.3, -0.25) is 4.98 Å². The number of aryl methyl sites for hydroxylation is 1. The van der Waals surface area contributed by atoms with Crippen LogP contribution in [-0.4, -0.2) is 4.98 Å². The van der Waals surface area contributed by atoms with Gasteiger partial charge in [0.25, 0.3) is 0 Å². The molecule has 1 heteroatoms. The first-order chi connectivity index (χ1) is 11.3. The molecule has 1 aliphatic rings. The Bertz CT molecular complexity index is 642. The zero-order chi connectivity index (χ0) is 15.9. The van der Waals surface area contributed by atoms with Crippen LogP contribution in [0.2, 0.25) is 0 Å². The Morgan fingerprint density at radius 2 is 1.91 bits per heavy atom. The lowest BCUT2D eigenvalue weighted by Crippen LogP contribution is -2.15. The van der Waals surface area contributed by atoms with Crippen LogP contribution >= 0.6 is 0 Å². The third-order valence-electron chi connectivity index (χ3n) is 4.85. The molecule has 1 aromatic heterocycles. The molecule has 23 heavy (non-hydrogen) atoms. The molecule has 0 unspecified atom stereocenters. The molecule has 1 aliphatic carbocycles. The molecule has 0 fully saturated rings. The fraction of sp³-hybridized carbons (Fsp3) is 0.409. The van der Waals surface area contributed by atoms with Crippen molar-refractivity contribution in [1.29, 1.82) is 0 Å². The first-order valence-corrected chi connectivity index (χ1v) is 9.07. The zero-order valence-corrected chi connectivity index (χ0v) is 14.2. The normalized spacial score (nSPS) is 17.3. The number of pyridine rings is 1. The van der Waals surface area contributed by atoms with Gasteiger partial charge < -0.3 is 0 Å². The lowest BCUT2D eigenvalue weighted by Gasteiger charge is -2.24. The number of unbranched alkanes of at least 4 members (excludes halogenated alkanes) is 2. The average molecular weight is 305 g/mol. The highest BCUT2D eigenvalue weighted by molar-refractivity contribution is 5.68. The summed E-state index contributed by atoms with van der Waals surface area (Å²) in [5.41, 5.74) is 5.11. The summed E-state index contributed by atoms with van der Waals surface area (Å²) in [5, 5.41) is 0. The quantitative estimate of drug-likeness (QED) is 0.602. The molecule has 0 radical (unpaired) electrons. The Balaban J connectivity index is 1.64. The van der Waals surface area contributed by atoms with Gasteiger partial charge in [-0.1, -0.05) is 75.1 Å². The minimum absolute atomic E-state index is 0.876. The molecular formula is C22H27N. The second-order valence-corrected chi connectivity index (χ2v) is 6.69. The summed E-state index contributed by atoms with van der Waals surface area (Å²) in [6, 6.07) is 14.9. The minimum Gasteiger partial charge on any atom is -0.253 e. The maximum absolute atomic E-state index is 4.87. The van der Waals surface area contributed by atoms with Gasteiger partial charge in [0, 0.05) is 5.69 Å². The van der Waals surface area contributed by atoms with Gasteiger partial charge in [-0.15, -0.1) is 0 Å². The number of hydrogen-bond acceptors (Lipinski definition) is 1. The molecule has 2 aromatic rings. The van der Waals surface area contributed by atoms with Gasteiger partial charge in [-0.2, -0.15) is 0 Å². The molecule has 0 bridgehead atoms. The lowest BCUT2D eigenvalue weighted by molar-refractivity contribution is 0.404. The number of fused-ring (bicyclic) bond motifs is 1. The van der Waals surface area contributed by atoms with Crippen LogP contribution in [0.25, 0.3) is 12.2 Å². The second kappa shape index (κ2) is 8.10. The van der Waals surface area contributed by atoms with Crippen molar-refractivity contribution in [2.45, 2.75) is 51.9 Å². The van der Waals surface area contributed by atoms with Crippen LogP contribution in [0.1, 0.15) is 61.5 Å². The van der Waals surface area contributed by atoms with Crippen molar-refractivity contribution in [3.63, 3.8) is 0 Å². The van der Waals surface area contributed by atoms with E-state index >= 15 is 0 Å². The standard InChI is InChI=1S/C22H27N/c1-2-3-5-10-19-12-16-22-20(17-19)13-15-21(23-22)14-11-18-8-6-4-7-9-18/h4,6-9,11,13-15,19H,2-3,5,10,12,16-17H2,1H3/b14-11+/t19-/m0/s1. The predicted molar refractivity (Wildman–Crippen MR) is 99.3 cm³/mol. The molecule has 1 atom stereocenters. The van der Waals surface area contributed by atoms with E-state index in [-0.39, 0.29) is 0 Å². The smallest absolute Gasteiger partial charge is 0.0633 e. The number of rotatable bonds is 6. The van der Waals surface area contributed by atoms with Gasteiger partial charge in [-0.05, 0) is 48.4 Å². The van der Waals surface area contributed by atoms with Crippen molar-refractivity contribution in [2.75, 3.05) is 0 Å². The van der Waals surface area contributed by atoms with Crippen LogP contribution in [0.5, 0.6) is 0 Å². The SMILES string of the molecule is CCCCC[C@H]1CCc2nc(/C=C/c3ccccc3)ccc2C1. The van der Waals surface area contributed by atoms with Crippen molar-refractivity contribution in [2.24, 2.45) is 5.92 Å². The van der Waals surface area contributed by atoms with Crippen molar-refractivity contribution in [3.05, 3.63) is 65.0 Å². The van der Waals surface area contributed by atoms with Gasteiger partial charge in [0.1, 0.15) is 0 Å². The Kier molecular flexibility index (Phi) is 5.63. The lowest BCUT2D eigenvalue weighted by atomic mass is 9.83. The van der Waals surface area contributed by atoms with E-state index in [1.807, 2.05) is 6.07 Å². The highest BCUT2D eigenvalue weighted by Crippen LogP contribution is 2.28. The molecule has 1 nitrogen and oxygen atoms in total. The van der Waals surface area contributed by atoms with E-state index in [2.05, 4.69) is 55.5 Å². The van der Waals surface area contributed by atoms with E-state index in [1.165, 1.54) is 55.3 Å². The topological polar surface area (TPSA) is 12.9 Å². The zero-order valence-electron chi connectivity index (χ0n) is 14.2. The monoisotopic (exact) mass is 305 g/mol. The summed E-state index contributed by atoms with van der Waals surface area (Å²) >= 11 is 0. The molecule has 0 spiro atoms. The minimum atomic E-state index is 0.876. The van der Waals surface area contributed by atoms with Crippen LogP contribution < -0.4 is 0 Å². The van der Waals surface area contributed by atoms with E-state index in [1.54, 1.807) is 0 Å². The fourth-order valence-corrected chi connectivity index (χ4v) is 3.47. The van der Waals surface area contributed by atoms with Gasteiger partial charge >= 0.3 is 0 Å². The third kappa shape index (κ3) is 4.54. The number of benzene rings is 1. The largest absolute Gasteiger partial charge is 0.253 e. The van der Waals surface area contributed by atoms with Gasteiger partial charge in [0.05, 0.1) is 5.69 Å². The predicted octanol–water partition coefficient (Wildman–Crippen LogP) is 5.94. The first kappa shape index (κ1) is 16.0. The number of nitrogens with zero attached hydrogens (tertiary/aromatic N) is 1. The van der Waals surface area contributed by atoms with Gasteiger partial charge in [0.15, 0.2) is 0 Å². The highest BCUT2D eigenvalue weighted by Gasteiger charge is 2.19. The number of aromatic nitrogens is 1. The Labute approximate surface area is 140 Å². The Morgan fingerprint density at radius 1 is 1.04 bits per heavy atom. The fourth-order valence-electron chi connectivity index (χ4n) is 3.47. The third-order valence-corrected chi connectivity index (χ3v) is 4.85. The maximum Gasteiger partial charge on any atom is 0.0633 e. The van der Waals surface area contributed by atoms with Crippen LogP contribution in [-0.2, 0) is 12.8 Å². The van der Waals surface area contributed by atoms with E-state index in [0.29, 0.717) is 0 Å². The molecule has 0 N–H and O–H groups in total. The van der Waals surface area contributed by atoms with E-state index in [4.69, 9.17) is 4.98 Å². The van der Waals surface area contributed by atoms with Crippen molar-refractivity contribution < 1.29 is 0 Å². The average Bonchev–Trinajstić information content (AvgIpc) is 2.61. The van der Waals surface area contributed by atoms with Crippen LogP contribution in [0.4, 0.5) is 0 Å². The van der Waals surface area contributed by atoms with Gasteiger partial charge in [-0.25, -0.2) is 0 Å². The molecule has 1 heterocycles. The molecule has 120 valence electrons. The molecule has 0 amide bonds. The second-order valence-electron chi connectivity index (χ2n) is 6.69. The summed E-state index contributed by atoms with van der Waals surface area (Å²) < 4.78 is 0. The number of hydrogen-bond donors (Lipinski definition) is 0. The molecule has 0 saturated heterocycles. The van der Waals surface area contributed by atoms with E-state index in [0.717, 1.165) is 18.0 Å². The summed E-state index contributed by atoms with van der Waals surface area (Å²) in [4.78, 5) is 4.87. The molecule has 0 saturated carbocycles. The molecule has 3 rings (SSSR count). The molecule has 0 aliphatic heterocycles. The summed E-state index contributed by atoms with van der Waals surface area (Å²) in [5.74, 6) is 0.876. The highest BCUT2D eigenvalue weighted by atomic mass is 14.7. The van der Waals surface area contributed by atoms with Crippen LogP contribution in [0, 0.1) is 5.92 Å². The van der Waals surface area contributed by atoms with E-state index < -0.39 is 0 Å². The van der Waals surface area contributed by atoms with Crippen LogP contribution in [0.15, 0.2) is 42.5 Å². The molecule has 1 aromatic carbocycles. The van der Waals surface area contributed by atoms with Crippen molar-refractivity contribution >= 4 is 12.2 Å². The van der Waals surface area contributed by atoms with E-state index in [9.17, 15) is 0 Å². The van der Waals surface area contributed by atoms with Gasteiger partial charge in [0.2, 0.25) is 0 Å². The first-order valence-electron chi connectivity index (χ1n) is 9.07. The maximum atomic E-state index is 4.87. The summed E-state index contributed by atoms with van der Waals surface area (Å²) in [6.45, 7) is 2.28. The van der Waals surface area contributed by atoms with Crippen molar-refractivity contribution in [3.8, 4) is 0 Å². The summed E-state index contributed by atoms with van der Waals surface area (Å²) in [6.07, 6.45) is 13.5. The summed E-state index contributed by atoms with van der Waals surface area (Å²) in [7, 11) is 0.